The predicted octanol–water partition coefficient (Wildman–Crippen LogP) is 2.63. The van der Waals surface area contributed by atoms with Crippen LogP contribution in [0, 0.1) is 0 Å². The number of hydrogen-bond acceptors (Lipinski definition) is 2. The van der Waals surface area contributed by atoms with Crippen LogP contribution < -0.4 is 5.32 Å². The summed E-state index contributed by atoms with van der Waals surface area (Å²) < 4.78 is 1.04. The molecule has 1 rings (SSSR count). The van der Waals surface area contributed by atoms with Gasteiger partial charge in [0.1, 0.15) is 0 Å². The second-order valence-corrected chi connectivity index (χ2v) is 4.10. The van der Waals surface area contributed by atoms with Crippen LogP contribution in [0.5, 0.6) is 0 Å². The number of aliphatic hydroxyl groups excluding tert-OH is 1. The average Bonchev–Trinajstić information content (AvgIpc) is 2.04. The van der Waals surface area contributed by atoms with E-state index in [0.29, 0.717) is 0 Å². The van der Waals surface area contributed by atoms with Crippen molar-refractivity contribution in [2.75, 3.05) is 5.32 Å². The van der Waals surface area contributed by atoms with Crippen molar-refractivity contribution in [2.24, 2.45) is 0 Å². The number of benzene rings is 1. The highest BCUT2D eigenvalue weighted by molar-refractivity contribution is 9.10. The van der Waals surface area contributed by atoms with Crippen molar-refractivity contribution in [3.8, 4) is 0 Å². The minimum atomic E-state index is -0.348. The molecule has 0 saturated heterocycles. The number of anilines is 1. The van der Waals surface area contributed by atoms with Crippen LogP contribution in [0.3, 0.4) is 0 Å². The zero-order valence-electron chi connectivity index (χ0n) is 7.79. The molecule has 0 spiro atoms. The van der Waals surface area contributed by atoms with Crippen molar-refractivity contribution in [1.29, 1.82) is 0 Å². The summed E-state index contributed by atoms with van der Waals surface area (Å²) in [7, 11) is 0. The van der Waals surface area contributed by atoms with Gasteiger partial charge < -0.3 is 10.4 Å². The van der Waals surface area contributed by atoms with Crippen LogP contribution in [-0.4, -0.2) is 17.3 Å². The lowest BCUT2D eigenvalue weighted by atomic mass is 10.2. The highest BCUT2D eigenvalue weighted by atomic mass is 79.9. The Bertz CT molecular complexity index is 275. The van der Waals surface area contributed by atoms with E-state index in [0.717, 1.165) is 10.2 Å². The molecule has 2 atom stereocenters. The summed E-state index contributed by atoms with van der Waals surface area (Å²) in [5, 5.41) is 12.5. The topological polar surface area (TPSA) is 32.3 Å². The Hall–Kier alpha value is -0.540. The maximum atomic E-state index is 9.28. The molecule has 2 N–H and O–H groups in total. The van der Waals surface area contributed by atoms with Crippen LogP contribution in [-0.2, 0) is 0 Å². The second kappa shape index (κ2) is 4.63. The third kappa shape index (κ3) is 3.36. The Labute approximate surface area is 87.1 Å². The van der Waals surface area contributed by atoms with Crippen molar-refractivity contribution in [1.82, 2.24) is 0 Å². The molecule has 0 radical (unpaired) electrons. The molecule has 0 aliphatic rings. The summed E-state index contributed by atoms with van der Waals surface area (Å²) in [6, 6.07) is 7.95. The van der Waals surface area contributed by atoms with E-state index in [-0.39, 0.29) is 12.1 Å². The van der Waals surface area contributed by atoms with Gasteiger partial charge in [-0.25, -0.2) is 0 Å². The normalized spacial score (nSPS) is 15.1. The lowest BCUT2D eigenvalue weighted by Gasteiger charge is -2.17. The molecule has 1 aromatic rings. The number of rotatable bonds is 3. The molecule has 0 amide bonds. The summed E-state index contributed by atoms with van der Waals surface area (Å²) >= 11 is 3.39. The quantitative estimate of drug-likeness (QED) is 0.856. The van der Waals surface area contributed by atoms with E-state index in [9.17, 15) is 5.11 Å². The smallest absolute Gasteiger partial charge is 0.0710 e. The lowest BCUT2D eigenvalue weighted by molar-refractivity contribution is 0.178. The van der Waals surface area contributed by atoms with E-state index in [4.69, 9.17) is 0 Å². The zero-order chi connectivity index (χ0) is 9.84. The van der Waals surface area contributed by atoms with Gasteiger partial charge in [0.15, 0.2) is 0 Å². The van der Waals surface area contributed by atoms with Gasteiger partial charge in [-0.3, -0.25) is 0 Å². The summed E-state index contributed by atoms with van der Waals surface area (Å²) in [6.07, 6.45) is -0.348. The van der Waals surface area contributed by atoms with E-state index in [1.807, 2.05) is 31.2 Å². The monoisotopic (exact) mass is 243 g/mol. The minimum Gasteiger partial charge on any atom is -0.391 e. The van der Waals surface area contributed by atoms with E-state index in [1.165, 1.54) is 0 Å². The summed E-state index contributed by atoms with van der Waals surface area (Å²) in [4.78, 5) is 0. The number of nitrogens with one attached hydrogen (secondary N) is 1. The molecule has 0 saturated carbocycles. The summed E-state index contributed by atoms with van der Waals surface area (Å²) in [6.45, 7) is 3.72. The molecule has 0 aromatic heterocycles. The molecule has 1 aromatic carbocycles. The molecule has 0 aliphatic heterocycles. The van der Waals surface area contributed by atoms with Crippen LogP contribution in [0.15, 0.2) is 28.7 Å². The second-order valence-electron chi connectivity index (χ2n) is 3.18. The minimum absolute atomic E-state index is 0.0642. The lowest BCUT2D eigenvalue weighted by Crippen LogP contribution is -2.27. The van der Waals surface area contributed by atoms with Gasteiger partial charge in [0.05, 0.1) is 6.10 Å². The van der Waals surface area contributed by atoms with Gasteiger partial charge in [-0.05, 0) is 32.0 Å². The van der Waals surface area contributed by atoms with Crippen molar-refractivity contribution in [2.45, 2.75) is 26.0 Å². The standard InChI is InChI=1S/C10H14BrNO/c1-7(8(2)13)12-10-5-3-4-9(11)6-10/h3-8,12-13H,1-2H3. The summed E-state index contributed by atoms with van der Waals surface area (Å²) in [5.41, 5.74) is 1.02. The van der Waals surface area contributed by atoms with Gasteiger partial charge in [0.2, 0.25) is 0 Å². The highest BCUT2D eigenvalue weighted by Crippen LogP contribution is 2.16. The number of hydrogen-bond donors (Lipinski definition) is 2. The van der Waals surface area contributed by atoms with Crippen molar-refractivity contribution in [3.63, 3.8) is 0 Å². The highest BCUT2D eigenvalue weighted by Gasteiger charge is 2.07. The van der Waals surface area contributed by atoms with Crippen LogP contribution in [0.1, 0.15) is 13.8 Å². The van der Waals surface area contributed by atoms with Gasteiger partial charge >= 0.3 is 0 Å². The molecular formula is C10H14BrNO. The molecule has 0 aliphatic carbocycles. The first-order valence-corrected chi connectivity index (χ1v) is 5.09. The first kappa shape index (κ1) is 10.5. The first-order chi connectivity index (χ1) is 6.09. The Kier molecular flexibility index (Phi) is 3.75. The molecular weight excluding hydrogens is 230 g/mol. The van der Waals surface area contributed by atoms with Gasteiger partial charge in [-0.1, -0.05) is 22.0 Å². The first-order valence-electron chi connectivity index (χ1n) is 4.30. The third-order valence-electron chi connectivity index (χ3n) is 1.94. The van der Waals surface area contributed by atoms with Gasteiger partial charge in [-0.2, -0.15) is 0 Å². The Balaban J connectivity index is 2.64. The third-order valence-corrected chi connectivity index (χ3v) is 2.44. The van der Waals surface area contributed by atoms with Gasteiger partial charge in [0.25, 0.3) is 0 Å². The van der Waals surface area contributed by atoms with E-state index in [2.05, 4.69) is 21.2 Å². The van der Waals surface area contributed by atoms with E-state index in [1.54, 1.807) is 6.92 Å². The predicted molar refractivity (Wildman–Crippen MR) is 58.9 cm³/mol. The van der Waals surface area contributed by atoms with Gasteiger partial charge in [0, 0.05) is 16.2 Å². The fourth-order valence-corrected chi connectivity index (χ4v) is 1.36. The molecule has 3 heteroatoms. The van der Waals surface area contributed by atoms with Gasteiger partial charge in [-0.15, -0.1) is 0 Å². The molecule has 2 nitrogen and oxygen atoms in total. The van der Waals surface area contributed by atoms with E-state index < -0.39 is 0 Å². The van der Waals surface area contributed by atoms with Crippen molar-refractivity contribution >= 4 is 21.6 Å². The van der Waals surface area contributed by atoms with Crippen molar-refractivity contribution in [3.05, 3.63) is 28.7 Å². The average molecular weight is 244 g/mol. The zero-order valence-corrected chi connectivity index (χ0v) is 9.38. The van der Waals surface area contributed by atoms with Crippen LogP contribution in [0.25, 0.3) is 0 Å². The summed E-state index contributed by atoms with van der Waals surface area (Å²) in [5.74, 6) is 0. The van der Waals surface area contributed by atoms with Crippen molar-refractivity contribution < 1.29 is 5.11 Å². The fourth-order valence-electron chi connectivity index (χ4n) is 0.962. The molecule has 0 heterocycles. The molecule has 2 unspecified atom stereocenters. The molecule has 0 fully saturated rings. The van der Waals surface area contributed by atoms with Crippen LogP contribution >= 0.6 is 15.9 Å². The maximum absolute atomic E-state index is 9.28. The number of aliphatic hydroxyl groups is 1. The molecule has 72 valence electrons. The fraction of sp³-hybridized carbons (Fsp3) is 0.400. The van der Waals surface area contributed by atoms with E-state index >= 15 is 0 Å². The van der Waals surface area contributed by atoms with Crippen LogP contribution in [0.4, 0.5) is 5.69 Å². The Morgan fingerprint density at radius 2 is 2.08 bits per heavy atom. The largest absolute Gasteiger partial charge is 0.391 e. The Morgan fingerprint density at radius 3 is 2.62 bits per heavy atom. The SMILES string of the molecule is CC(O)C(C)Nc1cccc(Br)c1. The van der Waals surface area contributed by atoms with Crippen LogP contribution in [0.2, 0.25) is 0 Å². The maximum Gasteiger partial charge on any atom is 0.0710 e. The molecule has 13 heavy (non-hydrogen) atoms. The Morgan fingerprint density at radius 1 is 1.38 bits per heavy atom. The number of halogens is 1. The molecule has 0 bridgehead atoms.